The Hall–Kier alpha value is -3.94. The number of aliphatic hydroxyl groups is 1. The van der Waals surface area contributed by atoms with Gasteiger partial charge in [-0.15, -0.1) is 0 Å². The van der Waals surface area contributed by atoms with Crippen molar-refractivity contribution in [2.45, 2.75) is 19.6 Å². The molecule has 1 N–H and O–H groups in total. The topological polar surface area (TPSA) is 80.5 Å². The Morgan fingerprint density at radius 2 is 2.03 bits per heavy atom. The number of aromatic nitrogens is 3. The molecule has 0 aliphatic carbocycles. The molecule has 0 saturated carbocycles. The zero-order chi connectivity index (χ0) is 26.7. The Morgan fingerprint density at radius 3 is 2.76 bits per heavy atom. The number of allylic oxidation sites excluding steroid dienone is 2. The van der Waals surface area contributed by atoms with E-state index in [2.05, 4.69) is 11.6 Å². The zero-order valence-electron chi connectivity index (χ0n) is 21.3. The Bertz CT molecular complexity index is 1560. The summed E-state index contributed by atoms with van der Waals surface area (Å²) < 4.78 is 7.67. The van der Waals surface area contributed by atoms with E-state index in [1.165, 1.54) is 17.0 Å². The summed E-state index contributed by atoms with van der Waals surface area (Å²) in [6.07, 6.45) is 7.14. The summed E-state index contributed by atoms with van der Waals surface area (Å²) in [4.78, 5) is 23.5. The van der Waals surface area contributed by atoms with Crippen LogP contribution in [0.4, 0.5) is 0 Å². The van der Waals surface area contributed by atoms with E-state index in [-0.39, 0.29) is 17.7 Å². The number of hydrogen-bond acceptors (Lipinski definition) is 6. The fourth-order valence-corrected chi connectivity index (χ4v) is 4.50. The summed E-state index contributed by atoms with van der Waals surface area (Å²) in [5, 5.41) is 12.4. The molecule has 0 fully saturated rings. The lowest BCUT2D eigenvalue weighted by Crippen LogP contribution is -2.23. The normalized spacial score (nSPS) is 12.4. The molecular weight excluding hydrogens is 488 g/mol. The highest BCUT2D eigenvalue weighted by molar-refractivity contribution is 6.31. The van der Waals surface area contributed by atoms with E-state index in [0.717, 1.165) is 22.3 Å². The predicted octanol–water partition coefficient (Wildman–Crippen LogP) is 5.04. The standard InChI is InChI=1S/C29H29ClN4O3/c1-6-9-25(33(3)4)21-14-18(2)32-27-19(21)10-7-12-26(27)37-17-23-22(15-31-16-24(23)30)28(35)20-11-8-13-34(5)29(20)36/h6-16,28,35H,1,17H2,2-5H3/b25-9-. The lowest BCUT2D eigenvalue weighted by Gasteiger charge is -2.20. The van der Waals surface area contributed by atoms with Gasteiger partial charge in [-0.25, -0.2) is 4.98 Å². The minimum absolute atomic E-state index is 0.0496. The van der Waals surface area contributed by atoms with Crippen LogP contribution in [0.5, 0.6) is 5.75 Å². The number of fused-ring (bicyclic) bond motifs is 1. The third kappa shape index (κ3) is 5.28. The van der Waals surface area contributed by atoms with Crippen molar-refractivity contribution in [3.63, 3.8) is 0 Å². The van der Waals surface area contributed by atoms with E-state index in [1.54, 1.807) is 31.5 Å². The number of aryl methyl sites for hydroxylation is 2. The van der Waals surface area contributed by atoms with Gasteiger partial charge >= 0.3 is 0 Å². The minimum Gasteiger partial charge on any atom is -0.487 e. The molecule has 4 aromatic rings. The molecule has 1 unspecified atom stereocenters. The summed E-state index contributed by atoms with van der Waals surface area (Å²) in [5.74, 6) is 0.572. The number of aliphatic hydroxyl groups excluding tert-OH is 1. The van der Waals surface area contributed by atoms with Gasteiger partial charge in [0.25, 0.3) is 5.56 Å². The molecule has 3 aromatic heterocycles. The Labute approximate surface area is 220 Å². The second-order valence-electron chi connectivity index (χ2n) is 8.91. The molecule has 1 aromatic carbocycles. The fourth-order valence-electron chi connectivity index (χ4n) is 4.28. The van der Waals surface area contributed by atoms with E-state index < -0.39 is 6.10 Å². The summed E-state index contributed by atoms with van der Waals surface area (Å²) >= 11 is 6.50. The van der Waals surface area contributed by atoms with Crippen LogP contribution < -0.4 is 10.3 Å². The van der Waals surface area contributed by atoms with Crippen LogP contribution in [-0.2, 0) is 13.7 Å². The summed E-state index contributed by atoms with van der Waals surface area (Å²) in [5.41, 5.74) is 4.43. The number of halogens is 1. The monoisotopic (exact) mass is 516 g/mol. The molecule has 7 nitrogen and oxygen atoms in total. The Balaban J connectivity index is 1.75. The number of hydrogen-bond donors (Lipinski definition) is 1. The number of benzene rings is 1. The number of rotatable bonds is 8. The molecule has 0 radical (unpaired) electrons. The maximum atomic E-state index is 12.6. The van der Waals surface area contributed by atoms with Crippen LogP contribution >= 0.6 is 11.6 Å². The number of pyridine rings is 3. The second-order valence-corrected chi connectivity index (χ2v) is 9.31. The molecule has 0 amide bonds. The molecule has 0 spiro atoms. The molecule has 0 bridgehead atoms. The SMILES string of the molecule is C=C/C=C(/c1cc(C)nc2c(OCc3c(Cl)cncc3C(O)c3cccn(C)c3=O)cccc12)N(C)C. The Morgan fingerprint density at radius 1 is 1.24 bits per heavy atom. The van der Waals surface area contributed by atoms with Crippen molar-refractivity contribution in [3.8, 4) is 5.75 Å². The molecule has 37 heavy (non-hydrogen) atoms. The van der Waals surface area contributed by atoms with Gasteiger partial charge in [-0.1, -0.05) is 36.4 Å². The first-order valence-electron chi connectivity index (χ1n) is 11.7. The fraction of sp³-hybridized carbons (Fsp3) is 0.207. The van der Waals surface area contributed by atoms with E-state index in [4.69, 9.17) is 21.3 Å². The number of para-hydroxylation sites is 1. The first kappa shape index (κ1) is 26.1. The molecule has 0 aliphatic rings. The van der Waals surface area contributed by atoms with Crippen molar-refractivity contribution in [2.24, 2.45) is 7.05 Å². The van der Waals surface area contributed by atoms with E-state index in [0.29, 0.717) is 27.4 Å². The van der Waals surface area contributed by atoms with Crippen molar-refractivity contribution in [3.05, 3.63) is 117 Å². The second kappa shape index (κ2) is 11.0. The van der Waals surface area contributed by atoms with Crippen LogP contribution in [0.1, 0.15) is 34.1 Å². The molecule has 0 saturated heterocycles. The average Bonchev–Trinajstić information content (AvgIpc) is 2.87. The van der Waals surface area contributed by atoms with E-state index >= 15 is 0 Å². The first-order chi connectivity index (χ1) is 17.7. The molecule has 1 atom stereocenters. The van der Waals surface area contributed by atoms with E-state index in [1.807, 2.05) is 56.3 Å². The van der Waals surface area contributed by atoms with Gasteiger partial charge in [0.1, 0.15) is 24.0 Å². The van der Waals surface area contributed by atoms with Gasteiger partial charge in [-0.2, -0.15) is 0 Å². The maximum Gasteiger partial charge on any atom is 0.256 e. The van der Waals surface area contributed by atoms with Gasteiger partial charge in [-0.05, 0) is 37.3 Å². The molecule has 4 rings (SSSR count). The van der Waals surface area contributed by atoms with Crippen LogP contribution in [0.15, 0.2) is 78.5 Å². The number of ether oxygens (including phenoxy) is 1. The zero-order valence-corrected chi connectivity index (χ0v) is 22.0. The molecule has 8 heteroatoms. The smallest absolute Gasteiger partial charge is 0.256 e. The average molecular weight is 517 g/mol. The van der Waals surface area contributed by atoms with E-state index in [9.17, 15) is 9.90 Å². The van der Waals surface area contributed by atoms with Crippen molar-refractivity contribution in [2.75, 3.05) is 14.1 Å². The third-order valence-corrected chi connectivity index (χ3v) is 6.44. The number of nitrogens with zero attached hydrogens (tertiary/aromatic N) is 4. The molecular formula is C29H29ClN4O3. The van der Waals surface area contributed by atoms with Crippen molar-refractivity contribution in [1.29, 1.82) is 0 Å². The maximum absolute atomic E-state index is 12.6. The van der Waals surface area contributed by atoms with Crippen molar-refractivity contribution >= 4 is 28.2 Å². The highest BCUT2D eigenvalue weighted by Crippen LogP contribution is 2.33. The van der Waals surface area contributed by atoms with Gasteiger partial charge in [0.15, 0.2) is 0 Å². The van der Waals surface area contributed by atoms with Gasteiger partial charge in [-0.3, -0.25) is 9.78 Å². The van der Waals surface area contributed by atoms with Gasteiger partial charge in [0.05, 0.1) is 10.6 Å². The highest BCUT2D eigenvalue weighted by Gasteiger charge is 2.21. The lowest BCUT2D eigenvalue weighted by molar-refractivity contribution is 0.212. The molecule has 0 aliphatic heterocycles. The van der Waals surface area contributed by atoms with Crippen LogP contribution in [0.25, 0.3) is 16.6 Å². The van der Waals surface area contributed by atoms with Crippen LogP contribution in [0.2, 0.25) is 5.02 Å². The lowest BCUT2D eigenvalue weighted by atomic mass is 10.00. The summed E-state index contributed by atoms with van der Waals surface area (Å²) in [6, 6.07) is 11.1. The van der Waals surface area contributed by atoms with Gasteiger partial charge in [0, 0.05) is 73.2 Å². The van der Waals surface area contributed by atoms with Gasteiger partial charge < -0.3 is 19.3 Å². The van der Waals surface area contributed by atoms with Crippen LogP contribution in [0, 0.1) is 6.92 Å². The Kier molecular flexibility index (Phi) is 7.76. The molecule has 190 valence electrons. The van der Waals surface area contributed by atoms with Crippen LogP contribution in [-0.4, -0.2) is 38.6 Å². The molecule has 3 heterocycles. The highest BCUT2D eigenvalue weighted by atomic mass is 35.5. The van der Waals surface area contributed by atoms with Crippen molar-refractivity contribution in [1.82, 2.24) is 19.4 Å². The quantitative estimate of drug-likeness (QED) is 0.330. The first-order valence-corrected chi connectivity index (χ1v) is 12.1. The van der Waals surface area contributed by atoms with Gasteiger partial charge in [0.2, 0.25) is 0 Å². The summed E-state index contributed by atoms with van der Waals surface area (Å²) in [7, 11) is 5.60. The van der Waals surface area contributed by atoms with Crippen LogP contribution in [0.3, 0.4) is 0 Å². The predicted molar refractivity (Wildman–Crippen MR) is 148 cm³/mol. The summed E-state index contributed by atoms with van der Waals surface area (Å²) in [6.45, 7) is 5.84. The largest absolute Gasteiger partial charge is 0.487 e. The minimum atomic E-state index is -1.21. The van der Waals surface area contributed by atoms with Crippen molar-refractivity contribution < 1.29 is 9.84 Å². The third-order valence-electron chi connectivity index (χ3n) is 6.12.